The van der Waals surface area contributed by atoms with Crippen molar-refractivity contribution in [1.82, 2.24) is 30.4 Å². The summed E-state index contributed by atoms with van der Waals surface area (Å²) in [4.78, 5) is 8.76. The number of nitrogens with one attached hydrogen (secondary N) is 2. The summed E-state index contributed by atoms with van der Waals surface area (Å²) in [6, 6.07) is 7.32. The first kappa shape index (κ1) is 27.1. The molecule has 0 amide bonds. The Morgan fingerprint density at radius 2 is 1.00 bits per heavy atom. The van der Waals surface area contributed by atoms with Crippen LogP contribution in [0.15, 0.2) is 34.6 Å². The second-order valence-electron chi connectivity index (χ2n) is 6.26. The Bertz CT molecular complexity index is 1050. The second kappa shape index (κ2) is 12.5. The lowest BCUT2D eigenvalue weighted by molar-refractivity contribution is 0.236. The topological polar surface area (TPSA) is 154 Å². The van der Waals surface area contributed by atoms with E-state index in [1.54, 1.807) is 27.7 Å². The third-order valence-corrected chi connectivity index (χ3v) is 10.9. The van der Waals surface area contributed by atoms with Gasteiger partial charge in [0, 0.05) is 33.9 Å². The zero-order valence-corrected chi connectivity index (χ0v) is 22.5. The van der Waals surface area contributed by atoms with E-state index in [9.17, 15) is 9.13 Å². The lowest BCUT2D eigenvalue weighted by Gasteiger charge is -2.13. The number of nitrogens with zero attached hydrogens (tertiary/aromatic N) is 4. The van der Waals surface area contributed by atoms with E-state index in [-0.39, 0.29) is 36.7 Å². The fourth-order valence-corrected chi connectivity index (χ4v) is 8.68. The predicted octanol–water partition coefficient (Wildman–Crippen LogP) is 5.80. The van der Waals surface area contributed by atoms with Gasteiger partial charge in [0.1, 0.15) is 0 Å². The first-order valence-corrected chi connectivity index (χ1v) is 16.4. The maximum Gasteiger partial charge on any atom is 0.396 e. The largest absolute Gasteiger partial charge is 0.396 e. The van der Waals surface area contributed by atoms with Gasteiger partial charge in [0.15, 0.2) is 11.6 Å². The van der Waals surface area contributed by atoms with E-state index in [1.165, 1.54) is 0 Å². The van der Waals surface area contributed by atoms with Crippen molar-refractivity contribution in [2.24, 2.45) is 0 Å². The molecule has 0 aliphatic carbocycles. The van der Waals surface area contributed by atoms with Gasteiger partial charge in [-0.25, -0.2) is 19.1 Å². The van der Waals surface area contributed by atoms with Crippen molar-refractivity contribution >= 4 is 36.4 Å². The monoisotopic (exact) mass is 548 g/mol. The third-order valence-electron chi connectivity index (χ3n) is 3.90. The number of hydrogen-bond acceptors (Lipinski definition) is 12. The van der Waals surface area contributed by atoms with E-state index in [0.29, 0.717) is 11.6 Å². The minimum absolute atomic E-state index is 0.250. The van der Waals surface area contributed by atoms with E-state index >= 15 is 0 Å². The van der Waals surface area contributed by atoms with Crippen LogP contribution in [-0.2, 0) is 27.2 Å². The van der Waals surface area contributed by atoms with Gasteiger partial charge in [-0.15, -0.1) is 10.2 Å². The highest BCUT2D eigenvalue weighted by atomic mass is 32.7. The zero-order chi connectivity index (χ0) is 24.6. The number of aromatic amines is 2. The molecular formula is C18H26N6O6P2S2. The Hall–Kier alpha value is -1.50. The maximum atomic E-state index is 12.7. The highest BCUT2D eigenvalue weighted by molar-refractivity contribution is 8.55. The fourth-order valence-electron chi connectivity index (χ4n) is 2.63. The standard InChI is InChI=1S/C18H26N6O6P2S2/c1-5-27-31(25,28-6-2)33-17-19-15(21-23-17)13-9-11-14(12-10-13)16-20-18(24-22-16)34-32(26,29-7-3)30-8-4/h9-12H,5-8H2,1-4H3,(H,19,21,23)(H,20,22,24). The fraction of sp³-hybridized carbons (Fsp3) is 0.444. The van der Waals surface area contributed by atoms with Crippen molar-refractivity contribution in [3.63, 3.8) is 0 Å². The molecule has 0 aliphatic rings. The van der Waals surface area contributed by atoms with Gasteiger partial charge >= 0.3 is 13.6 Å². The van der Waals surface area contributed by atoms with Gasteiger partial charge in [-0.3, -0.25) is 10.2 Å². The van der Waals surface area contributed by atoms with E-state index in [1.807, 2.05) is 24.3 Å². The van der Waals surface area contributed by atoms with Crippen molar-refractivity contribution in [3.05, 3.63) is 24.3 Å². The van der Waals surface area contributed by atoms with Crippen LogP contribution in [0.4, 0.5) is 0 Å². The molecule has 3 aromatic rings. The predicted molar refractivity (Wildman–Crippen MR) is 131 cm³/mol. The first-order valence-electron chi connectivity index (χ1n) is 10.5. The van der Waals surface area contributed by atoms with Gasteiger partial charge in [-0.2, -0.15) is 0 Å². The summed E-state index contributed by atoms with van der Waals surface area (Å²) in [5, 5.41) is 14.4. The lowest BCUT2D eigenvalue weighted by atomic mass is 10.1. The second-order valence-corrected chi connectivity index (χ2v) is 14.0. The SMILES string of the molecule is CCOP(=O)(OCC)Sc1n[nH]c(-c2ccc(-c3nc(SP(=O)(OCC)OCC)n[nH]3)cc2)n1. The highest BCUT2D eigenvalue weighted by Crippen LogP contribution is 2.63. The summed E-state index contributed by atoms with van der Waals surface area (Å²) < 4.78 is 46.4. The Labute approximate surface area is 205 Å². The number of benzene rings is 1. The molecular weight excluding hydrogens is 522 g/mol. The molecule has 0 saturated carbocycles. The van der Waals surface area contributed by atoms with Gasteiger partial charge in [0.2, 0.25) is 10.3 Å². The van der Waals surface area contributed by atoms with E-state index in [2.05, 4.69) is 30.4 Å². The highest BCUT2D eigenvalue weighted by Gasteiger charge is 2.29. The van der Waals surface area contributed by atoms with Crippen molar-refractivity contribution in [2.45, 2.75) is 38.0 Å². The molecule has 3 rings (SSSR count). The van der Waals surface area contributed by atoms with Gasteiger partial charge in [0.25, 0.3) is 0 Å². The molecule has 16 heteroatoms. The minimum Gasteiger partial charge on any atom is -0.301 e. The molecule has 0 aliphatic heterocycles. The minimum atomic E-state index is -3.38. The summed E-state index contributed by atoms with van der Waals surface area (Å²) in [6.45, 7) is 1.21. The van der Waals surface area contributed by atoms with Crippen molar-refractivity contribution < 1.29 is 27.2 Å². The van der Waals surface area contributed by atoms with Crippen LogP contribution in [-0.4, -0.2) is 56.8 Å². The maximum absolute atomic E-state index is 12.7. The number of rotatable bonds is 14. The molecule has 2 N–H and O–H groups in total. The first-order chi connectivity index (χ1) is 16.3. The Balaban J connectivity index is 1.71. The van der Waals surface area contributed by atoms with Crippen LogP contribution < -0.4 is 0 Å². The Morgan fingerprint density at radius 1 is 0.676 bits per heavy atom. The molecule has 34 heavy (non-hydrogen) atoms. The molecule has 0 unspecified atom stereocenters. The van der Waals surface area contributed by atoms with Gasteiger partial charge < -0.3 is 18.1 Å². The van der Waals surface area contributed by atoms with Crippen molar-refractivity contribution in [1.29, 1.82) is 0 Å². The number of hydrogen-bond donors (Lipinski definition) is 2. The molecule has 12 nitrogen and oxygen atoms in total. The molecule has 0 bridgehead atoms. The average molecular weight is 549 g/mol. The van der Waals surface area contributed by atoms with Crippen LogP contribution in [0, 0.1) is 0 Å². The van der Waals surface area contributed by atoms with Crippen LogP contribution in [0.2, 0.25) is 0 Å². The molecule has 2 heterocycles. The average Bonchev–Trinajstić information content (AvgIpc) is 3.44. The van der Waals surface area contributed by atoms with Gasteiger partial charge in [-0.1, -0.05) is 24.3 Å². The smallest absolute Gasteiger partial charge is 0.301 e. The molecule has 0 saturated heterocycles. The van der Waals surface area contributed by atoms with Crippen LogP contribution in [0.3, 0.4) is 0 Å². The van der Waals surface area contributed by atoms with Crippen LogP contribution >= 0.6 is 36.4 Å². The molecule has 0 radical (unpaired) electrons. The number of H-pyrrole nitrogens is 2. The third kappa shape index (κ3) is 7.25. The molecule has 0 fully saturated rings. The quantitative estimate of drug-likeness (QED) is 0.234. The number of aromatic nitrogens is 6. The molecule has 2 aromatic heterocycles. The molecule has 1 aromatic carbocycles. The van der Waals surface area contributed by atoms with Crippen LogP contribution in [0.25, 0.3) is 22.8 Å². The lowest BCUT2D eigenvalue weighted by Crippen LogP contribution is -1.92. The summed E-state index contributed by atoms with van der Waals surface area (Å²) in [5.74, 6) is 0.994. The molecule has 0 atom stereocenters. The van der Waals surface area contributed by atoms with Crippen molar-refractivity contribution in [2.75, 3.05) is 26.4 Å². The van der Waals surface area contributed by atoms with E-state index in [4.69, 9.17) is 18.1 Å². The zero-order valence-electron chi connectivity index (χ0n) is 19.1. The van der Waals surface area contributed by atoms with Crippen LogP contribution in [0.1, 0.15) is 27.7 Å². The molecule has 186 valence electrons. The summed E-state index contributed by atoms with van der Waals surface area (Å²) in [7, 11) is 0. The summed E-state index contributed by atoms with van der Waals surface area (Å²) >= 11 is 1.72. The Morgan fingerprint density at radius 3 is 1.29 bits per heavy atom. The molecule has 0 spiro atoms. The van der Waals surface area contributed by atoms with Crippen LogP contribution in [0.5, 0.6) is 0 Å². The van der Waals surface area contributed by atoms with E-state index in [0.717, 1.165) is 33.9 Å². The van der Waals surface area contributed by atoms with E-state index < -0.39 is 13.6 Å². The van der Waals surface area contributed by atoms with Crippen molar-refractivity contribution in [3.8, 4) is 22.8 Å². The summed E-state index contributed by atoms with van der Waals surface area (Å²) in [5.41, 5.74) is 1.52. The van der Waals surface area contributed by atoms with Gasteiger partial charge in [0.05, 0.1) is 26.4 Å². The Kier molecular flexibility index (Phi) is 9.93. The van der Waals surface area contributed by atoms with Gasteiger partial charge in [-0.05, 0) is 27.7 Å². The normalized spacial score (nSPS) is 12.4. The summed E-state index contributed by atoms with van der Waals surface area (Å²) in [6.07, 6.45) is 0.